The van der Waals surface area contributed by atoms with Crippen molar-refractivity contribution in [3.63, 3.8) is 0 Å². The van der Waals surface area contributed by atoms with Crippen LogP contribution < -0.4 is 4.90 Å². The molecule has 0 atom stereocenters. The Kier molecular flexibility index (Phi) is 6.41. The summed E-state index contributed by atoms with van der Waals surface area (Å²) in [6.07, 6.45) is 1.82. The number of benzene rings is 3. The van der Waals surface area contributed by atoms with E-state index in [1.165, 1.54) is 22.5 Å². The van der Waals surface area contributed by atoms with E-state index in [2.05, 4.69) is 90.5 Å². The zero-order chi connectivity index (χ0) is 18.6. The number of hydrogen-bond acceptors (Lipinski definition) is 2. The topological polar surface area (TPSA) is 16.1 Å². The molecule has 0 saturated heterocycles. The van der Waals surface area contributed by atoms with Crippen molar-refractivity contribution in [2.24, 2.45) is 0 Å². The molecule has 1 aromatic heterocycles. The second-order valence-electron chi connectivity index (χ2n) is 6.58. The summed E-state index contributed by atoms with van der Waals surface area (Å²) in [5.74, 6) is 0. The summed E-state index contributed by atoms with van der Waals surface area (Å²) in [7, 11) is 0. The van der Waals surface area contributed by atoms with E-state index in [9.17, 15) is 0 Å². The van der Waals surface area contributed by atoms with E-state index in [1.807, 2.05) is 30.5 Å². The Morgan fingerprint density at radius 2 is 1.36 bits per heavy atom. The Morgan fingerprint density at radius 1 is 0.750 bits per heavy atom. The van der Waals surface area contributed by atoms with Gasteiger partial charge in [0.15, 0.2) is 0 Å². The number of rotatable bonds is 4. The first-order valence-electron chi connectivity index (χ1n) is 9.08. The van der Waals surface area contributed by atoms with Gasteiger partial charge in [0.05, 0.1) is 0 Å². The Balaban J connectivity index is 0.00000225. The third kappa shape index (κ3) is 4.06. The fourth-order valence-corrected chi connectivity index (χ4v) is 3.30. The predicted octanol–water partition coefficient (Wildman–Crippen LogP) is 6.63. The molecule has 4 aromatic rings. The molecule has 0 aliphatic heterocycles. The Hall–Kier alpha value is -2.74. The average molecular weight is 542 g/mol. The van der Waals surface area contributed by atoms with Crippen molar-refractivity contribution in [2.45, 2.75) is 13.8 Å². The van der Waals surface area contributed by atoms with Crippen LogP contribution in [0.15, 0.2) is 91.1 Å². The molecule has 0 fully saturated rings. The summed E-state index contributed by atoms with van der Waals surface area (Å²) in [5.41, 5.74) is 7.81. The second kappa shape index (κ2) is 8.97. The number of pyridine rings is 1. The molecule has 2 nitrogen and oxygen atoms in total. The minimum atomic E-state index is 0. The molecule has 0 saturated carbocycles. The third-order valence-corrected chi connectivity index (χ3v) is 4.70. The first-order chi connectivity index (χ1) is 13.2. The number of nitrogens with zero attached hydrogens (tertiary/aromatic N) is 2. The maximum absolute atomic E-state index is 4.48. The van der Waals surface area contributed by atoms with Gasteiger partial charge in [-0.1, -0.05) is 48.5 Å². The number of aryl methyl sites for hydroxylation is 2. The van der Waals surface area contributed by atoms with Crippen LogP contribution in [0, 0.1) is 19.9 Å². The van der Waals surface area contributed by atoms with Crippen molar-refractivity contribution >= 4 is 17.1 Å². The van der Waals surface area contributed by atoms with E-state index in [4.69, 9.17) is 0 Å². The van der Waals surface area contributed by atoms with Crippen LogP contribution in [0.1, 0.15) is 11.1 Å². The van der Waals surface area contributed by atoms with E-state index >= 15 is 0 Å². The molecule has 4 rings (SSSR count). The van der Waals surface area contributed by atoms with Crippen molar-refractivity contribution in [1.29, 1.82) is 0 Å². The molecule has 3 heteroatoms. The summed E-state index contributed by atoms with van der Waals surface area (Å²) in [6.45, 7) is 4.30. The molecule has 0 bridgehead atoms. The quantitative estimate of drug-likeness (QED) is 0.270. The SMILES string of the molecule is Cc1ccccc1N(c1cc[c-]c(-c2ccccn2)c1)c1ccccc1C.[Ir]. The largest absolute Gasteiger partial charge is 0.328 e. The van der Waals surface area contributed by atoms with Crippen LogP contribution >= 0.6 is 0 Å². The maximum atomic E-state index is 4.48. The zero-order valence-corrected chi connectivity index (χ0v) is 18.3. The van der Waals surface area contributed by atoms with Gasteiger partial charge in [-0.3, -0.25) is 0 Å². The van der Waals surface area contributed by atoms with Crippen molar-refractivity contribution < 1.29 is 20.1 Å². The van der Waals surface area contributed by atoms with Crippen LogP contribution in [-0.4, -0.2) is 4.98 Å². The second-order valence-corrected chi connectivity index (χ2v) is 6.58. The monoisotopic (exact) mass is 542 g/mol. The van der Waals surface area contributed by atoms with Gasteiger partial charge < -0.3 is 9.88 Å². The number of hydrogen-bond donors (Lipinski definition) is 0. The van der Waals surface area contributed by atoms with Crippen LogP contribution in [-0.2, 0) is 20.1 Å². The van der Waals surface area contributed by atoms with E-state index < -0.39 is 0 Å². The molecule has 0 aliphatic rings. The summed E-state index contributed by atoms with van der Waals surface area (Å²) in [4.78, 5) is 6.79. The first kappa shape index (κ1) is 20.0. The maximum Gasteiger partial charge on any atom is 0.0473 e. The summed E-state index contributed by atoms with van der Waals surface area (Å²) >= 11 is 0. The smallest absolute Gasteiger partial charge is 0.0473 e. The van der Waals surface area contributed by atoms with Gasteiger partial charge in [-0.2, -0.15) is 0 Å². The standard InChI is InChI=1S/C25H21N2.Ir/c1-19-10-3-5-15-24(19)27(25-16-6-4-11-20(25)2)22-13-9-12-21(18-22)23-14-7-8-17-26-23;/h3-11,13-18H,1-2H3;/q-1;. The van der Waals surface area contributed by atoms with Crippen LogP contribution in [0.2, 0.25) is 0 Å². The van der Waals surface area contributed by atoms with Crippen LogP contribution in [0.25, 0.3) is 11.3 Å². The van der Waals surface area contributed by atoms with Crippen molar-refractivity contribution in [2.75, 3.05) is 4.90 Å². The number of anilines is 3. The van der Waals surface area contributed by atoms with Crippen LogP contribution in [0.5, 0.6) is 0 Å². The minimum Gasteiger partial charge on any atom is -0.328 e. The van der Waals surface area contributed by atoms with Crippen LogP contribution in [0.4, 0.5) is 17.1 Å². The molecule has 141 valence electrons. The van der Waals surface area contributed by atoms with E-state index in [0.29, 0.717) is 0 Å². The summed E-state index contributed by atoms with van der Waals surface area (Å²) < 4.78 is 0. The third-order valence-electron chi connectivity index (χ3n) is 4.70. The molecular formula is C25H21IrN2-. The van der Waals surface area contributed by atoms with Gasteiger partial charge >= 0.3 is 0 Å². The van der Waals surface area contributed by atoms with Gasteiger partial charge in [0, 0.05) is 37.7 Å². The van der Waals surface area contributed by atoms with E-state index in [1.54, 1.807) is 0 Å². The minimum absolute atomic E-state index is 0. The van der Waals surface area contributed by atoms with E-state index in [-0.39, 0.29) is 20.1 Å². The fourth-order valence-electron chi connectivity index (χ4n) is 3.30. The molecule has 0 aliphatic carbocycles. The molecule has 28 heavy (non-hydrogen) atoms. The van der Waals surface area contributed by atoms with Gasteiger partial charge in [0.2, 0.25) is 0 Å². The molecule has 3 aromatic carbocycles. The Labute approximate surface area is 180 Å². The first-order valence-corrected chi connectivity index (χ1v) is 9.08. The molecule has 0 N–H and O–H groups in total. The van der Waals surface area contributed by atoms with Crippen LogP contribution in [0.3, 0.4) is 0 Å². The molecule has 1 heterocycles. The molecule has 0 amide bonds. The molecular weight excluding hydrogens is 521 g/mol. The van der Waals surface area contributed by atoms with Gasteiger partial charge in [-0.15, -0.1) is 29.8 Å². The summed E-state index contributed by atoms with van der Waals surface area (Å²) in [5, 5.41) is 0. The fraction of sp³-hybridized carbons (Fsp3) is 0.0800. The number of para-hydroxylation sites is 2. The van der Waals surface area contributed by atoms with Gasteiger partial charge in [0.1, 0.15) is 0 Å². The average Bonchev–Trinajstić information content (AvgIpc) is 2.72. The van der Waals surface area contributed by atoms with E-state index in [0.717, 1.165) is 16.9 Å². The molecule has 0 unspecified atom stereocenters. The van der Waals surface area contributed by atoms with Gasteiger partial charge in [0.25, 0.3) is 0 Å². The Bertz CT molecular complexity index is 1020. The van der Waals surface area contributed by atoms with Gasteiger partial charge in [-0.05, 0) is 54.6 Å². The summed E-state index contributed by atoms with van der Waals surface area (Å²) in [6, 6.07) is 32.5. The zero-order valence-electron chi connectivity index (χ0n) is 15.9. The van der Waals surface area contributed by atoms with Gasteiger partial charge in [-0.25, -0.2) is 0 Å². The van der Waals surface area contributed by atoms with Crippen molar-refractivity contribution in [3.05, 3.63) is 108 Å². The number of aromatic nitrogens is 1. The molecule has 0 spiro atoms. The predicted molar refractivity (Wildman–Crippen MR) is 113 cm³/mol. The Morgan fingerprint density at radius 3 is 1.93 bits per heavy atom. The van der Waals surface area contributed by atoms with Crippen molar-refractivity contribution in [1.82, 2.24) is 4.98 Å². The molecule has 1 radical (unpaired) electrons. The normalized spacial score (nSPS) is 10.2. The van der Waals surface area contributed by atoms with Crippen molar-refractivity contribution in [3.8, 4) is 11.3 Å².